The van der Waals surface area contributed by atoms with E-state index in [0.29, 0.717) is 0 Å². The molecule has 0 aromatic rings. The van der Waals surface area contributed by atoms with Crippen molar-refractivity contribution in [2.24, 2.45) is 0 Å². The fourth-order valence-corrected chi connectivity index (χ4v) is 0.518. The van der Waals surface area contributed by atoms with E-state index in [1.807, 2.05) is 0 Å². The summed E-state index contributed by atoms with van der Waals surface area (Å²) in [5, 5.41) is 16.3. The third-order valence-electron chi connectivity index (χ3n) is 0.810. The second-order valence-electron chi connectivity index (χ2n) is 1.96. The van der Waals surface area contributed by atoms with Crippen LogP contribution in [0.4, 0.5) is 0 Å². The van der Waals surface area contributed by atoms with Crippen molar-refractivity contribution in [2.45, 2.75) is 0 Å². The summed E-state index contributed by atoms with van der Waals surface area (Å²) in [6, 6.07) is 0. The first-order valence-corrected chi connectivity index (χ1v) is 2.64. The minimum atomic E-state index is -1.02. The van der Waals surface area contributed by atoms with Crippen LogP contribution < -0.4 is 0 Å². The minimum absolute atomic E-state index is 0. The molecule has 59 valence electrons. The van der Waals surface area contributed by atoms with E-state index < -0.39 is 11.9 Å². The van der Waals surface area contributed by atoms with Gasteiger partial charge in [0.15, 0.2) is 0 Å². The summed E-state index contributed by atoms with van der Waals surface area (Å²) < 4.78 is 0. The monoisotopic (exact) mass is 170 g/mol. The summed E-state index contributed by atoms with van der Waals surface area (Å²) in [5.41, 5.74) is 0. The van der Waals surface area contributed by atoms with Gasteiger partial charge in [0.25, 0.3) is 0 Å². The van der Waals surface area contributed by atoms with Crippen molar-refractivity contribution in [1.29, 1.82) is 0 Å². The zero-order valence-corrected chi connectivity index (χ0v) is 8.57. The number of hydrogen-bond acceptors (Lipinski definition) is 3. The Kier molecular flexibility index (Phi) is 8.09. The fourth-order valence-electron chi connectivity index (χ4n) is 0.518. The Balaban J connectivity index is 0. The van der Waals surface area contributed by atoms with E-state index in [9.17, 15) is 9.59 Å². The number of aliphatic carboxylic acids is 2. The van der Waals surface area contributed by atoms with Gasteiger partial charge < -0.3 is 10.2 Å². The molecule has 0 spiro atoms. The predicted molar refractivity (Wildman–Crippen MR) is 38.5 cm³/mol. The predicted octanol–water partition coefficient (Wildman–Crippen LogP) is -1.29. The van der Waals surface area contributed by atoms with Gasteiger partial charge in [-0.2, -0.15) is 0 Å². The van der Waals surface area contributed by atoms with Gasteiger partial charge in [-0.1, -0.05) is 0 Å². The van der Waals surface area contributed by atoms with Gasteiger partial charge in [0.05, 0.1) is 13.1 Å². The van der Waals surface area contributed by atoms with Crippen LogP contribution in [0, 0.1) is 0 Å². The molecule has 0 aromatic heterocycles. The van der Waals surface area contributed by atoms with Crippen LogP contribution in [0.5, 0.6) is 0 Å². The second-order valence-corrected chi connectivity index (χ2v) is 1.96. The number of carbonyl (C=O) groups is 2. The molecule has 6 heteroatoms. The summed E-state index contributed by atoms with van der Waals surface area (Å²) in [6.45, 7) is -0.488. The molecule has 0 unspecified atom stereocenters. The molecule has 0 rings (SSSR count). The molecule has 0 atom stereocenters. The molecule has 5 nitrogen and oxygen atoms in total. The molecule has 0 saturated heterocycles. The topological polar surface area (TPSA) is 77.8 Å². The standard InChI is InChI=1S/C5H9NO4.Na/c1-6(2-4(7)8)3-5(9)10;/h2-3H2,1H3,(H,7,8)(H,9,10);. The zero-order chi connectivity index (χ0) is 8.15. The smallest absolute Gasteiger partial charge is 0.317 e. The first-order chi connectivity index (χ1) is 4.52. The Labute approximate surface area is 86.3 Å². The van der Waals surface area contributed by atoms with Crippen molar-refractivity contribution in [2.75, 3.05) is 20.1 Å². The van der Waals surface area contributed by atoms with E-state index in [2.05, 4.69) is 0 Å². The maximum absolute atomic E-state index is 9.96. The average Bonchev–Trinajstić information content (AvgIpc) is 1.58. The number of carboxylic acids is 2. The van der Waals surface area contributed by atoms with Crippen LogP contribution in [0.2, 0.25) is 0 Å². The first-order valence-electron chi connectivity index (χ1n) is 2.64. The largest absolute Gasteiger partial charge is 0.480 e. The maximum atomic E-state index is 9.96. The second kappa shape index (κ2) is 6.60. The van der Waals surface area contributed by atoms with Crippen molar-refractivity contribution in [3.63, 3.8) is 0 Å². The Morgan fingerprint density at radius 3 is 1.64 bits per heavy atom. The van der Waals surface area contributed by atoms with Crippen LogP contribution in [-0.2, 0) is 9.59 Å². The number of hydrogen-bond donors (Lipinski definition) is 2. The van der Waals surface area contributed by atoms with Crippen molar-refractivity contribution in [3.05, 3.63) is 0 Å². The van der Waals surface area contributed by atoms with E-state index in [-0.39, 0.29) is 42.6 Å². The van der Waals surface area contributed by atoms with Crippen LogP contribution in [0.15, 0.2) is 0 Å². The number of nitrogens with zero attached hydrogens (tertiary/aromatic N) is 1. The number of carboxylic acid groups (broad SMARTS) is 2. The zero-order valence-electron chi connectivity index (χ0n) is 6.57. The van der Waals surface area contributed by atoms with E-state index in [0.717, 1.165) is 0 Å². The molecule has 0 amide bonds. The molecular weight excluding hydrogens is 161 g/mol. The average molecular weight is 170 g/mol. The first kappa shape index (κ1) is 13.5. The van der Waals surface area contributed by atoms with Crippen molar-refractivity contribution in [3.8, 4) is 0 Å². The Morgan fingerprint density at radius 2 is 1.45 bits per heavy atom. The van der Waals surface area contributed by atoms with Gasteiger partial charge in [0, 0.05) is 29.6 Å². The van der Waals surface area contributed by atoms with Crippen molar-refractivity contribution < 1.29 is 19.8 Å². The Hall–Kier alpha value is -0.100. The molecule has 11 heavy (non-hydrogen) atoms. The summed E-state index contributed by atoms with van der Waals surface area (Å²) in [4.78, 5) is 21.1. The van der Waals surface area contributed by atoms with Gasteiger partial charge in [-0.05, 0) is 7.05 Å². The van der Waals surface area contributed by atoms with Gasteiger partial charge >= 0.3 is 11.9 Å². The number of rotatable bonds is 4. The normalized spacial score (nSPS) is 8.91. The van der Waals surface area contributed by atoms with Crippen molar-refractivity contribution in [1.82, 2.24) is 4.90 Å². The van der Waals surface area contributed by atoms with E-state index >= 15 is 0 Å². The van der Waals surface area contributed by atoms with Gasteiger partial charge in [0.1, 0.15) is 0 Å². The van der Waals surface area contributed by atoms with Crippen LogP contribution in [0.1, 0.15) is 0 Å². The number of likely N-dealkylation sites (N-methyl/N-ethyl adjacent to an activating group) is 1. The third kappa shape index (κ3) is 9.90. The quantitative estimate of drug-likeness (QED) is 0.513. The van der Waals surface area contributed by atoms with Crippen LogP contribution in [0.3, 0.4) is 0 Å². The van der Waals surface area contributed by atoms with Gasteiger partial charge in [-0.15, -0.1) is 0 Å². The molecule has 0 aliphatic carbocycles. The summed E-state index contributed by atoms with van der Waals surface area (Å²) in [7, 11) is 1.43. The molecular formula is C5H9NNaO4. The summed E-state index contributed by atoms with van der Waals surface area (Å²) in [6.07, 6.45) is 0. The summed E-state index contributed by atoms with van der Waals surface area (Å²) in [5.74, 6) is -2.05. The van der Waals surface area contributed by atoms with E-state index in [4.69, 9.17) is 10.2 Å². The molecule has 1 radical (unpaired) electrons. The molecule has 0 aromatic carbocycles. The van der Waals surface area contributed by atoms with Crippen LogP contribution >= 0.6 is 0 Å². The molecule has 2 N–H and O–H groups in total. The molecule has 0 saturated carbocycles. The third-order valence-corrected chi connectivity index (χ3v) is 0.810. The van der Waals surface area contributed by atoms with E-state index in [1.54, 1.807) is 0 Å². The Morgan fingerprint density at radius 1 is 1.18 bits per heavy atom. The van der Waals surface area contributed by atoms with E-state index in [1.165, 1.54) is 11.9 Å². The summed E-state index contributed by atoms with van der Waals surface area (Å²) >= 11 is 0. The Bertz CT molecular complexity index is 133. The molecule has 0 bridgehead atoms. The van der Waals surface area contributed by atoms with Gasteiger partial charge in [0.2, 0.25) is 0 Å². The minimum Gasteiger partial charge on any atom is -0.480 e. The van der Waals surface area contributed by atoms with Crippen LogP contribution in [0.25, 0.3) is 0 Å². The fraction of sp³-hybridized carbons (Fsp3) is 0.600. The van der Waals surface area contributed by atoms with Gasteiger partial charge in [-0.25, -0.2) is 0 Å². The van der Waals surface area contributed by atoms with Crippen LogP contribution in [-0.4, -0.2) is 76.7 Å². The molecule has 0 aliphatic rings. The van der Waals surface area contributed by atoms with Gasteiger partial charge in [-0.3, -0.25) is 14.5 Å². The molecule has 0 aliphatic heterocycles. The molecule has 0 fully saturated rings. The maximum Gasteiger partial charge on any atom is 0.317 e. The molecule has 0 heterocycles. The SMILES string of the molecule is CN(CC(=O)O)CC(=O)O.[Na]. The van der Waals surface area contributed by atoms with Crippen molar-refractivity contribution >= 4 is 41.5 Å².